The van der Waals surface area contributed by atoms with E-state index in [9.17, 15) is 4.79 Å². The molecule has 0 bridgehead atoms. The predicted molar refractivity (Wildman–Crippen MR) is 62.9 cm³/mol. The summed E-state index contributed by atoms with van der Waals surface area (Å²) in [6, 6.07) is 0. The summed E-state index contributed by atoms with van der Waals surface area (Å²) in [5.41, 5.74) is 1.19. The van der Waals surface area contributed by atoms with Crippen molar-refractivity contribution < 1.29 is 14.9 Å². The molecule has 6 heteroatoms. The monoisotopic (exact) mass is 240 g/mol. The Hall–Kier alpha value is -1.66. The number of methoxy groups -OCH3 is 1. The van der Waals surface area contributed by atoms with E-state index in [0.29, 0.717) is 16.8 Å². The molecule has 0 atom stereocenters. The first-order valence-corrected chi connectivity index (χ1v) is 5.08. The minimum atomic E-state index is -0.450. The van der Waals surface area contributed by atoms with Crippen molar-refractivity contribution in [3.8, 4) is 5.88 Å². The number of nitrogens with zero attached hydrogens (tertiary/aromatic N) is 2. The van der Waals surface area contributed by atoms with E-state index in [1.54, 1.807) is 20.0 Å². The van der Waals surface area contributed by atoms with E-state index in [1.807, 2.05) is 0 Å². The quantitative estimate of drug-likeness (QED) is 0.738. The average molecular weight is 240 g/mol. The van der Waals surface area contributed by atoms with E-state index in [4.69, 9.17) is 14.9 Å². The molecule has 1 rings (SSSR count). The number of ether oxygens (including phenoxy) is 1. The molecule has 0 aliphatic rings. The molecule has 0 spiro atoms. The molecule has 0 aromatic carbocycles. The topological polar surface area (TPSA) is 84.6 Å². The molecule has 1 heterocycles. The number of hydrogen-bond donors (Lipinski definition) is 2. The van der Waals surface area contributed by atoms with Crippen molar-refractivity contribution in [1.29, 1.82) is 0 Å². The molecule has 1 aromatic rings. The second-order valence-electron chi connectivity index (χ2n) is 3.59. The molecule has 0 radical (unpaired) electrons. The predicted octanol–water partition coefficient (Wildman–Crippen LogP) is -0.535. The highest BCUT2D eigenvalue weighted by molar-refractivity contribution is 5.55. The van der Waals surface area contributed by atoms with Gasteiger partial charge in [-0.3, -0.25) is 4.57 Å². The second kappa shape index (κ2) is 5.60. The number of aliphatic hydroxyl groups excluding tert-OH is 2. The van der Waals surface area contributed by atoms with Crippen LogP contribution in [-0.4, -0.2) is 40.1 Å². The normalized spacial score (nSPS) is 10.2. The van der Waals surface area contributed by atoms with Gasteiger partial charge in [-0.2, -0.15) is 4.98 Å². The van der Waals surface area contributed by atoms with E-state index in [-0.39, 0.29) is 19.1 Å². The highest BCUT2D eigenvalue weighted by atomic mass is 16.5. The first kappa shape index (κ1) is 13.4. The van der Waals surface area contributed by atoms with Gasteiger partial charge in [0.2, 0.25) is 5.88 Å². The van der Waals surface area contributed by atoms with E-state index >= 15 is 0 Å². The second-order valence-corrected chi connectivity index (χ2v) is 3.59. The van der Waals surface area contributed by atoms with Gasteiger partial charge in [0.25, 0.3) is 0 Å². The Balaban J connectivity index is 3.46. The van der Waals surface area contributed by atoms with Crippen LogP contribution >= 0.6 is 0 Å². The Kier molecular flexibility index (Phi) is 4.42. The highest BCUT2D eigenvalue weighted by Crippen LogP contribution is 2.18. The fourth-order valence-corrected chi connectivity index (χ4v) is 1.45. The van der Waals surface area contributed by atoms with Crippen molar-refractivity contribution >= 4 is 6.08 Å². The third kappa shape index (κ3) is 2.72. The molecule has 94 valence electrons. The third-order valence-electron chi connectivity index (χ3n) is 2.49. The smallest absolute Gasteiger partial charge is 0.351 e. The Morgan fingerprint density at radius 2 is 2.06 bits per heavy atom. The van der Waals surface area contributed by atoms with Crippen LogP contribution in [0, 0.1) is 6.92 Å². The molecule has 0 aliphatic heterocycles. The van der Waals surface area contributed by atoms with Gasteiger partial charge < -0.3 is 14.9 Å². The molecular weight excluding hydrogens is 224 g/mol. The van der Waals surface area contributed by atoms with Crippen molar-refractivity contribution in [1.82, 2.24) is 9.55 Å². The van der Waals surface area contributed by atoms with Crippen molar-refractivity contribution in [2.75, 3.05) is 20.3 Å². The van der Waals surface area contributed by atoms with E-state index in [1.165, 1.54) is 11.7 Å². The summed E-state index contributed by atoms with van der Waals surface area (Å²) in [5, 5.41) is 18.0. The molecule has 0 unspecified atom stereocenters. The maximum atomic E-state index is 11.5. The lowest BCUT2D eigenvalue weighted by atomic mass is 10.1. The van der Waals surface area contributed by atoms with Gasteiger partial charge in [0.15, 0.2) is 0 Å². The maximum absolute atomic E-state index is 11.5. The molecule has 0 saturated carbocycles. The van der Waals surface area contributed by atoms with Crippen LogP contribution in [0.1, 0.15) is 11.3 Å². The minimum Gasteiger partial charge on any atom is -0.481 e. The van der Waals surface area contributed by atoms with Gasteiger partial charge in [-0.05, 0) is 18.6 Å². The SMILES string of the molecule is COc1nc(=O)n(C)c(C=C(CO)CO)c1C. The van der Waals surface area contributed by atoms with Crippen LogP contribution in [0.4, 0.5) is 0 Å². The zero-order valence-electron chi connectivity index (χ0n) is 10.1. The van der Waals surface area contributed by atoms with Gasteiger partial charge in [0.1, 0.15) is 0 Å². The first-order chi connectivity index (χ1) is 8.04. The molecule has 0 fully saturated rings. The van der Waals surface area contributed by atoms with Crippen LogP contribution in [0.25, 0.3) is 6.08 Å². The number of rotatable bonds is 4. The van der Waals surface area contributed by atoms with Crippen molar-refractivity contribution in [3.05, 3.63) is 27.3 Å². The van der Waals surface area contributed by atoms with Crippen LogP contribution in [0.2, 0.25) is 0 Å². The summed E-state index contributed by atoms with van der Waals surface area (Å²) < 4.78 is 6.33. The van der Waals surface area contributed by atoms with Crippen LogP contribution < -0.4 is 10.4 Å². The number of hydrogen-bond acceptors (Lipinski definition) is 5. The van der Waals surface area contributed by atoms with Gasteiger partial charge in [0, 0.05) is 12.6 Å². The Labute approximate surface area is 98.8 Å². The van der Waals surface area contributed by atoms with Crippen LogP contribution in [0.3, 0.4) is 0 Å². The van der Waals surface area contributed by atoms with Crippen LogP contribution in [-0.2, 0) is 7.05 Å². The molecule has 0 saturated heterocycles. The molecule has 2 N–H and O–H groups in total. The highest BCUT2D eigenvalue weighted by Gasteiger charge is 2.11. The summed E-state index contributed by atoms with van der Waals surface area (Å²) in [6.45, 7) is 1.22. The first-order valence-electron chi connectivity index (χ1n) is 5.08. The Bertz CT molecular complexity index is 485. The zero-order valence-corrected chi connectivity index (χ0v) is 10.1. The fourth-order valence-electron chi connectivity index (χ4n) is 1.45. The molecule has 6 nitrogen and oxygen atoms in total. The molecule has 17 heavy (non-hydrogen) atoms. The number of aliphatic hydroxyl groups is 2. The van der Waals surface area contributed by atoms with Crippen LogP contribution in [0.5, 0.6) is 5.88 Å². The van der Waals surface area contributed by atoms with E-state index in [2.05, 4.69) is 4.98 Å². The summed E-state index contributed by atoms with van der Waals surface area (Å²) >= 11 is 0. The van der Waals surface area contributed by atoms with E-state index in [0.717, 1.165) is 0 Å². The average Bonchev–Trinajstić information content (AvgIpc) is 2.34. The third-order valence-corrected chi connectivity index (χ3v) is 2.49. The van der Waals surface area contributed by atoms with Gasteiger partial charge in [-0.25, -0.2) is 4.79 Å². The van der Waals surface area contributed by atoms with Gasteiger partial charge in [0.05, 0.1) is 26.0 Å². The van der Waals surface area contributed by atoms with Gasteiger partial charge in [-0.1, -0.05) is 0 Å². The van der Waals surface area contributed by atoms with Gasteiger partial charge in [-0.15, -0.1) is 0 Å². The molecule has 0 amide bonds. The lowest BCUT2D eigenvalue weighted by molar-refractivity contribution is 0.278. The fraction of sp³-hybridized carbons (Fsp3) is 0.455. The Morgan fingerprint density at radius 1 is 1.47 bits per heavy atom. The maximum Gasteiger partial charge on any atom is 0.351 e. The summed E-state index contributed by atoms with van der Waals surface area (Å²) in [4.78, 5) is 15.3. The van der Waals surface area contributed by atoms with Crippen molar-refractivity contribution in [2.45, 2.75) is 6.92 Å². The zero-order chi connectivity index (χ0) is 13.0. The minimum absolute atomic E-state index is 0.245. The lowest BCUT2D eigenvalue weighted by Crippen LogP contribution is -2.24. The molecule has 1 aromatic heterocycles. The van der Waals surface area contributed by atoms with Crippen molar-refractivity contribution in [3.63, 3.8) is 0 Å². The summed E-state index contributed by atoms with van der Waals surface area (Å²) in [5.74, 6) is 0.245. The molecule has 0 aliphatic carbocycles. The Morgan fingerprint density at radius 3 is 2.53 bits per heavy atom. The standard InChI is InChI=1S/C11H16N2O4/c1-7-9(4-8(5-14)6-15)13(2)11(16)12-10(7)17-3/h4,14-15H,5-6H2,1-3H3. The lowest BCUT2D eigenvalue weighted by Gasteiger charge is -2.11. The van der Waals surface area contributed by atoms with Gasteiger partial charge >= 0.3 is 5.69 Å². The number of aromatic nitrogens is 2. The summed E-state index contributed by atoms with van der Waals surface area (Å²) in [7, 11) is 3.00. The molecular formula is C11H16N2O4. The van der Waals surface area contributed by atoms with Crippen LogP contribution in [0.15, 0.2) is 10.4 Å². The van der Waals surface area contributed by atoms with Crippen molar-refractivity contribution in [2.24, 2.45) is 7.05 Å². The summed E-state index contributed by atoms with van der Waals surface area (Å²) in [6.07, 6.45) is 1.56. The largest absolute Gasteiger partial charge is 0.481 e. The van der Waals surface area contributed by atoms with E-state index < -0.39 is 5.69 Å².